The van der Waals surface area contributed by atoms with Gasteiger partial charge in [0.05, 0.1) is 5.02 Å². The number of piperazine rings is 1. The van der Waals surface area contributed by atoms with E-state index in [9.17, 15) is 13.6 Å². The minimum Gasteiger partial charge on any atom is -0.351 e. The van der Waals surface area contributed by atoms with Crippen molar-refractivity contribution in [1.82, 2.24) is 15.1 Å². The highest BCUT2D eigenvalue weighted by atomic mass is 35.5. The summed E-state index contributed by atoms with van der Waals surface area (Å²) in [5, 5.41) is 13.6. The first kappa shape index (κ1) is 23.0. The third-order valence-electron chi connectivity index (χ3n) is 6.14. The van der Waals surface area contributed by atoms with Crippen molar-refractivity contribution in [3.63, 3.8) is 0 Å². The molecule has 0 radical (unpaired) electrons. The second-order valence-electron chi connectivity index (χ2n) is 8.47. The van der Waals surface area contributed by atoms with Crippen LogP contribution in [0, 0.1) is 11.6 Å². The maximum absolute atomic E-state index is 13.4. The summed E-state index contributed by atoms with van der Waals surface area (Å²) >= 11 is 5.83. The number of nitrogens with zero attached hydrogens (tertiary/aromatic N) is 4. The number of hydrogen-bond acceptors (Lipinski definition) is 4. The van der Waals surface area contributed by atoms with Gasteiger partial charge in [0.1, 0.15) is 17.3 Å². The van der Waals surface area contributed by atoms with Crippen LogP contribution in [0.25, 0.3) is 22.0 Å². The third kappa shape index (κ3) is 4.61. The Morgan fingerprint density at radius 1 is 1.00 bits per heavy atom. The topological polar surface area (TPSA) is 61.4 Å². The Kier molecular flexibility index (Phi) is 6.21. The SMILES string of the molecule is C[C@H]1CN(c2nnc(-c3ccc(F)cc3)c3ccccc23)CCN1C(=O)Nc1ccc(F)c(Cl)c1. The van der Waals surface area contributed by atoms with Gasteiger partial charge in [-0.15, -0.1) is 10.2 Å². The number of urea groups is 1. The molecule has 6 nitrogen and oxygen atoms in total. The first-order valence-corrected chi connectivity index (χ1v) is 11.6. The number of fused-ring (bicyclic) bond motifs is 1. The molecular formula is C26H22ClF2N5O. The molecule has 3 aromatic carbocycles. The van der Waals surface area contributed by atoms with Crippen LogP contribution in [-0.4, -0.2) is 46.8 Å². The summed E-state index contributed by atoms with van der Waals surface area (Å²) < 4.78 is 26.8. The number of aromatic nitrogens is 2. The van der Waals surface area contributed by atoms with Gasteiger partial charge >= 0.3 is 6.03 Å². The van der Waals surface area contributed by atoms with E-state index in [-0.39, 0.29) is 22.9 Å². The Labute approximate surface area is 206 Å². The van der Waals surface area contributed by atoms with Crippen LogP contribution in [0.3, 0.4) is 0 Å². The number of hydrogen-bond donors (Lipinski definition) is 1. The molecular weight excluding hydrogens is 472 g/mol. The van der Waals surface area contributed by atoms with E-state index in [2.05, 4.69) is 20.4 Å². The molecule has 0 aliphatic carbocycles. The summed E-state index contributed by atoms with van der Waals surface area (Å²) in [5.41, 5.74) is 1.91. The average molecular weight is 494 g/mol. The summed E-state index contributed by atoms with van der Waals surface area (Å²) in [5.74, 6) is -0.102. The Hall–Kier alpha value is -3.78. The molecule has 1 saturated heterocycles. The molecule has 0 unspecified atom stereocenters. The molecule has 0 saturated carbocycles. The lowest BCUT2D eigenvalue weighted by Crippen LogP contribution is -2.55. The van der Waals surface area contributed by atoms with Crippen LogP contribution in [0.4, 0.5) is 25.1 Å². The quantitative estimate of drug-likeness (QED) is 0.382. The van der Waals surface area contributed by atoms with E-state index in [0.29, 0.717) is 31.0 Å². The van der Waals surface area contributed by atoms with Crippen molar-refractivity contribution in [1.29, 1.82) is 0 Å². The normalized spacial score (nSPS) is 15.9. The van der Waals surface area contributed by atoms with Crippen molar-refractivity contribution in [2.24, 2.45) is 0 Å². The van der Waals surface area contributed by atoms with Gasteiger partial charge in [0.2, 0.25) is 0 Å². The first-order chi connectivity index (χ1) is 16.9. The van der Waals surface area contributed by atoms with Crippen LogP contribution in [0.1, 0.15) is 6.92 Å². The number of carbonyl (C=O) groups is 1. The molecule has 1 aliphatic rings. The van der Waals surface area contributed by atoms with Gasteiger partial charge < -0.3 is 15.1 Å². The first-order valence-electron chi connectivity index (χ1n) is 11.2. The van der Waals surface area contributed by atoms with Crippen molar-refractivity contribution >= 4 is 39.9 Å². The van der Waals surface area contributed by atoms with Crippen molar-refractivity contribution < 1.29 is 13.6 Å². The fraction of sp³-hybridized carbons (Fsp3) is 0.192. The smallest absolute Gasteiger partial charge is 0.322 e. The largest absolute Gasteiger partial charge is 0.351 e. The number of benzene rings is 3. The number of nitrogens with one attached hydrogen (secondary N) is 1. The summed E-state index contributed by atoms with van der Waals surface area (Å²) in [4.78, 5) is 16.7. The van der Waals surface area contributed by atoms with E-state index < -0.39 is 5.82 Å². The predicted octanol–water partition coefficient (Wildman–Crippen LogP) is 5.97. The highest BCUT2D eigenvalue weighted by Gasteiger charge is 2.29. The van der Waals surface area contributed by atoms with Crippen LogP contribution in [0.5, 0.6) is 0 Å². The van der Waals surface area contributed by atoms with Crippen LogP contribution < -0.4 is 10.2 Å². The fourth-order valence-corrected chi connectivity index (χ4v) is 4.55. The molecule has 1 N–H and O–H groups in total. The number of amides is 2. The Bertz CT molecular complexity index is 1400. The zero-order valence-corrected chi connectivity index (χ0v) is 19.6. The number of carbonyl (C=O) groups excluding carboxylic acids is 1. The monoisotopic (exact) mass is 493 g/mol. The van der Waals surface area contributed by atoms with Crippen molar-refractivity contribution in [3.05, 3.63) is 83.4 Å². The van der Waals surface area contributed by atoms with Gasteiger partial charge in [-0.1, -0.05) is 35.9 Å². The van der Waals surface area contributed by atoms with E-state index in [1.807, 2.05) is 31.2 Å². The van der Waals surface area contributed by atoms with E-state index >= 15 is 0 Å². The molecule has 1 aliphatic heterocycles. The van der Waals surface area contributed by atoms with E-state index in [4.69, 9.17) is 11.6 Å². The van der Waals surface area contributed by atoms with Gasteiger partial charge in [0, 0.05) is 47.7 Å². The number of rotatable bonds is 3. The van der Waals surface area contributed by atoms with Crippen molar-refractivity contribution in [3.8, 4) is 11.3 Å². The second-order valence-corrected chi connectivity index (χ2v) is 8.88. The van der Waals surface area contributed by atoms with E-state index in [1.165, 1.54) is 30.3 Å². The van der Waals surface area contributed by atoms with Crippen LogP contribution in [0.15, 0.2) is 66.7 Å². The molecule has 1 aromatic heterocycles. The number of halogens is 3. The Morgan fingerprint density at radius 3 is 2.46 bits per heavy atom. The van der Waals surface area contributed by atoms with Gasteiger partial charge in [-0.2, -0.15) is 0 Å². The maximum atomic E-state index is 13.4. The standard InChI is InChI=1S/C26H22ClF2N5O/c1-16-15-33(12-13-34(16)26(35)30-19-10-11-23(29)22(27)14-19)25-21-5-3-2-4-20(21)24(31-32-25)17-6-8-18(28)9-7-17/h2-11,14,16H,12-13,15H2,1H3,(H,30,35)/t16-/m0/s1. The minimum atomic E-state index is -0.537. The van der Waals surface area contributed by atoms with E-state index in [0.717, 1.165) is 22.2 Å². The molecule has 4 aromatic rings. The molecule has 9 heteroatoms. The van der Waals surface area contributed by atoms with E-state index in [1.54, 1.807) is 17.0 Å². The zero-order valence-electron chi connectivity index (χ0n) is 18.9. The fourth-order valence-electron chi connectivity index (χ4n) is 4.37. The molecule has 1 fully saturated rings. The lowest BCUT2D eigenvalue weighted by atomic mass is 10.0. The maximum Gasteiger partial charge on any atom is 0.322 e. The lowest BCUT2D eigenvalue weighted by molar-refractivity contribution is 0.184. The Morgan fingerprint density at radius 2 is 1.74 bits per heavy atom. The number of anilines is 2. The summed E-state index contributed by atoms with van der Waals surface area (Å²) in [6.07, 6.45) is 0. The molecule has 0 spiro atoms. The van der Waals surface area contributed by atoms with Crippen molar-refractivity contribution in [2.75, 3.05) is 29.9 Å². The molecule has 0 bridgehead atoms. The third-order valence-corrected chi connectivity index (χ3v) is 6.43. The molecule has 35 heavy (non-hydrogen) atoms. The molecule has 178 valence electrons. The summed E-state index contributed by atoms with van der Waals surface area (Å²) in [6.45, 7) is 3.56. The van der Waals surface area contributed by atoms with Gasteiger partial charge in [-0.3, -0.25) is 0 Å². The molecule has 1 atom stereocenters. The summed E-state index contributed by atoms with van der Waals surface area (Å²) in [7, 11) is 0. The highest BCUT2D eigenvalue weighted by Crippen LogP contribution is 2.32. The lowest BCUT2D eigenvalue weighted by Gasteiger charge is -2.40. The van der Waals surface area contributed by atoms with Gasteiger partial charge in [0.15, 0.2) is 5.82 Å². The van der Waals surface area contributed by atoms with Gasteiger partial charge in [-0.05, 0) is 49.4 Å². The van der Waals surface area contributed by atoms with Gasteiger partial charge in [0.25, 0.3) is 0 Å². The molecule has 2 amide bonds. The zero-order chi connectivity index (χ0) is 24.5. The van der Waals surface area contributed by atoms with Gasteiger partial charge in [-0.25, -0.2) is 13.6 Å². The van der Waals surface area contributed by atoms with Crippen LogP contribution >= 0.6 is 11.6 Å². The highest BCUT2D eigenvalue weighted by molar-refractivity contribution is 6.31. The predicted molar refractivity (Wildman–Crippen MR) is 134 cm³/mol. The van der Waals surface area contributed by atoms with Crippen LogP contribution in [-0.2, 0) is 0 Å². The minimum absolute atomic E-state index is 0.0461. The molecule has 2 heterocycles. The molecule has 5 rings (SSSR count). The summed E-state index contributed by atoms with van der Waals surface area (Å²) in [6, 6.07) is 17.8. The van der Waals surface area contributed by atoms with Crippen LogP contribution in [0.2, 0.25) is 5.02 Å². The Balaban J connectivity index is 1.36. The van der Waals surface area contributed by atoms with Crippen molar-refractivity contribution in [2.45, 2.75) is 13.0 Å². The second kappa shape index (κ2) is 9.46. The average Bonchev–Trinajstić information content (AvgIpc) is 2.86.